The Morgan fingerprint density at radius 2 is 2.50 bits per heavy atom. The van der Waals surface area contributed by atoms with E-state index in [9.17, 15) is 4.21 Å². The molecular weight excluding hydrogens is 196 g/mol. The van der Waals surface area contributed by atoms with Crippen LogP contribution in [0.25, 0.3) is 0 Å². The van der Waals surface area contributed by atoms with Gasteiger partial charge in [0.05, 0.1) is 5.41 Å². The zero-order chi connectivity index (χ0) is 8.39. The van der Waals surface area contributed by atoms with Gasteiger partial charge in [-0.2, -0.15) is 0 Å². The molecule has 7 heteroatoms. The number of aromatic nitrogens is 1. The molecule has 0 aliphatic carbocycles. The van der Waals surface area contributed by atoms with Crippen molar-refractivity contribution >= 4 is 27.5 Å². The van der Waals surface area contributed by atoms with Crippen LogP contribution in [0.5, 0.6) is 0 Å². The molecule has 0 saturated heterocycles. The third-order valence-electron chi connectivity index (χ3n) is 1.11. The molecule has 2 heterocycles. The Labute approximate surface area is 74.8 Å². The number of nitrogens with one attached hydrogen (secondary N) is 1. The molecule has 1 aliphatic heterocycles. The van der Waals surface area contributed by atoms with Crippen molar-refractivity contribution in [3.63, 3.8) is 0 Å². The zero-order valence-electron chi connectivity index (χ0n) is 5.80. The van der Waals surface area contributed by atoms with E-state index in [2.05, 4.69) is 19.9 Å². The summed E-state index contributed by atoms with van der Waals surface area (Å²) in [7, 11) is -1.30. The first-order chi connectivity index (χ1) is 5.84. The molecule has 1 aromatic rings. The summed E-state index contributed by atoms with van der Waals surface area (Å²) in [6.45, 7) is 0. The molecule has 12 heavy (non-hydrogen) atoms. The fraction of sp³-hybridized carbons (Fsp3) is 0. The standard InChI is InChI=1S/C5H4N4OS2/c10-12-3-4(8-9-12)7-5-6-1-2-11-5/h1-3H,(H,6,7). The molecule has 0 spiro atoms. The fourth-order valence-electron chi connectivity index (χ4n) is 0.676. The van der Waals surface area contributed by atoms with Crippen LogP contribution < -0.4 is 5.32 Å². The van der Waals surface area contributed by atoms with Crippen molar-refractivity contribution in [2.24, 2.45) is 9.63 Å². The second kappa shape index (κ2) is 3.11. The first kappa shape index (κ1) is 7.56. The summed E-state index contributed by atoms with van der Waals surface area (Å²) in [6, 6.07) is 0. The Balaban J connectivity index is 2.11. The molecule has 1 N–H and O–H groups in total. The lowest BCUT2D eigenvalue weighted by atomic mass is 10.8. The van der Waals surface area contributed by atoms with Gasteiger partial charge in [0.15, 0.2) is 21.9 Å². The quantitative estimate of drug-likeness (QED) is 0.786. The summed E-state index contributed by atoms with van der Waals surface area (Å²) in [5.74, 6) is 0.489. The number of hydrogen-bond acceptors (Lipinski definition) is 5. The van der Waals surface area contributed by atoms with Gasteiger partial charge in [-0.1, -0.05) is 4.52 Å². The SMILES string of the molecule is O=S1C=C(Nc2nccs2)N=N1. The van der Waals surface area contributed by atoms with Crippen LogP contribution in [0.3, 0.4) is 0 Å². The highest BCUT2D eigenvalue weighted by molar-refractivity contribution is 7.86. The van der Waals surface area contributed by atoms with E-state index < -0.39 is 11.0 Å². The van der Waals surface area contributed by atoms with E-state index in [0.29, 0.717) is 5.82 Å². The average molecular weight is 200 g/mol. The van der Waals surface area contributed by atoms with Gasteiger partial charge in [0.1, 0.15) is 0 Å². The minimum absolute atomic E-state index is 0.489. The molecule has 0 fully saturated rings. The summed E-state index contributed by atoms with van der Waals surface area (Å²) >= 11 is 1.45. The van der Waals surface area contributed by atoms with E-state index in [-0.39, 0.29) is 0 Å². The van der Waals surface area contributed by atoms with Gasteiger partial charge >= 0.3 is 0 Å². The van der Waals surface area contributed by atoms with E-state index in [1.807, 2.05) is 5.38 Å². The maximum atomic E-state index is 10.7. The third kappa shape index (κ3) is 1.56. The van der Waals surface area contributed by atoms with Gasteiger partial charge in [-0.25, -0.2) is 9.19 Å². The van der Waals surface area contributed by atoms with Crippen LogP contribution in [0.2, 0.25) is 0 Å². The summed E-state index contributed by atoms with van der Waals surface area (Å²) in [4.78, 5) is 3.97. The molecule has 5 nitrogen and oxygen atoms in total. The number of thiazole rings is 1. The van der Waals surface area contributed by atoms with Gasteiger partial charge in [-0.05, 0) is 0 Å². The normalized spacial score (nSPS) is 21.0. The molecule has 0 saturated carbocycles. The molecule has 62 valence electrons. The van der Waals surface area contributed by atoms with E-state index in [4.69, 9.17) is 0 Å². The maximum absolute atomic E-state index is 10.7. The number of anilines is 1. The van der Waals surface area contributed by atoms with Crippen molar-refractivity contribution in [2.45, 2.75) is 0 Å². The molecule has 0 bridgehead atoms. The average Bonchev–Trinajstić information content (AvgIpc) is 2.63. The predicted molar refractivity (Wildman–Crippen MR) is 46.8 cm³/mol. The molecule has 0 radical (unpaired) electrons. The largest absolute Gasteiger partial charge is 0.314 e. The topological polar surface area (TPSA) is 66.7 Å². The van der Waals surface area contributed by atoms with Crippen LogP contribution in [0, 0.1) is 0 Å². The number of hydrogen-bond donors (Lipinski definition) is 1. The van der Waals surface area contributed by atoms with Crippen molar-refractivity contribution < 1.29 is 4.21 Å². The smallest absolute Gasteiger partial charge is 0.188 e. The van der Waals surface area contributed by atoms with Gasteiger partial charge < -0.3 is 5.32 Å². The third-order valence-corrected chi connectivity index (χ3v) is 2.46. The van der Waals surface area contributed by atoms with Crippen molar-refractivity contribution in [1.29, 1.82) is 0 Å². The second-order valence-electron chi connectivity index (χ2n) is 1.92. The summed E-state index contributed by atoms with van der Waals surface area (Å²) in [5, 5.41) is 10.5. The van der Waals surface area contributed by atoms with Crippen LogP contribution in [0.1, 0.15) is 0 Å². The molecule has 0 aromatic carbocycles. The Bertz CT molecular complexity index is 356. The van der Waals surface area contributed by atoms with Crippen LogP contribution in [-0.2, 0) is 11.0 Å². The number of rotatable bonds is 2. The van der Waals surface area contributed by atoms with E-state index in [1.165, 1.54) is 16.7 Å². The highest BCUT2D eigenvalue weighted by Crippen LogP contribution is 2.17. The molecule has 1 unspecified atom stereocenters. The maximum Gasteiger partial charge on any atom is 0.188 e. The van der Waals surface area contributed by atoms with Crippen LogP contribution in [0.4, 0.5) is 5.13 Å². The van der Waals surface area contributed by atoms with Crippen molar-refractivity contribution in [2.75, 3.05) is 5.32 Å². The van der Waals surface area contributed by atoms with Gasteiger partial charge in [0, 0.05) is 11.6 Å². The molecular formula is C5H4N4OS2. The van der Waals surface area contributed by atoms with Crippen LogP contribution in [-0.4, -0.2) is 9.19 Å². The molecule has 1 aromatic heterocycles. The fourth-order valence-corrected chi connectivity index (χ4v) is 1.72. The predicted octanol–water partition coefficient (Wildman–Crippen LogP) is 1.48. The van der Waals surface area contributed by atoms with Gasteiger partial charge in [0.25, 0.3) is 0 Å². The molecule has 2 rings (SSSR count). The van der Waals surface area contributed by atoms with Crippen LogP contribution >= 0.6 is 11.3 Å². The zero-order valence-corrected chi connectivity index (χ0v) is 7.43. The Morgan fingerprint density at radius 3 is 3.08 bits per heavy atom. The molecule has 0 amide bonds. The van der Waals surface area contributed by atoms with Gasteiger partial charge in [-0.15, -0.1) is 16.5 Å². The van der Waals surface area contributed by atoms with Gasteiger partial charge in [0.2, 0.25) is 0 Å². The van der Waals surface area contributed by atoms with Crippen molar-refractivity contribution in [3.8, 4) is 0 Å². The van der Waals surface area contributed by atoms with Crippen molar-refractivity contribution in [1.82, 2.24) is 4.98 Å². The first-order valence-electron chi connectivity index (χ1n) is 3.05. The lowest BCUT2D eigenvalue weighted by Crippen LogP contribution is -1.93. The Hall–Kier alpha value is -1.08. The Morgan fingerprint density at radius 1 is 1.58 bits per heavy atom. The minimum atomic E-state index is -1.30. The molecule has 1 atom stereocenters. The van der Waals surface area contributed by atoms with E-state index >= 15 is 0 Å². The summed E-state index contributed by atoms with van der Waals surface area (Å²) < 4.78 is 14.1. The highest BCUT2D eigenvalue weighted by atomic mass is 32.2. The second-order valence-corrected chi connectivity index (χ2v) is 3.77. The van der Waals surface area contributed by atoms with Crippen LogP contribution in [0.15, 0.2) is 32.4 Å². The lowest BCUT2D eigenvalue weighted by Gasteiger charge is -1.94. The minimum Gasteiger partial charge on any atom is -0.314 e. The Kier molecular flexibility index (Phi) is 1.96. The van der Waals surface area contributed by atoms with E-state index in [0.717, 1.165) is 5.13 Å². The number of nitrogens with zero attached hydrogens (tertiary/aromatic N) is 3. The first-order valence-corrected chi connectivity index (χ1v) is 5.10. The lowest BCUT2D eigenvalue weighted by molar-refractivity contribution is 0.689. The summed E-state index contributed by atoms with van der Waals surface area (Å²) in [5.41, 5.74) is 0. The van der Waals surface area contributed by atoms with E-state index in [1.54, 1.807) is 6.20 Å². The van der Waals surface area contributed by atoms with Crippen molar-refractivity contribution in [3.05, 3.63) is 22.8 Å². The molecule has 1 aliphatic rings. The van der Waals surface area contributed by atoms with Gasteiger partial charge in [-0.3, -0.25) is 0 Å². The highest BCUT2D eigenvalue weighted by Gasteiger charge is 2.07. The monoisotopic (exact) mass is 200 g/mol. The summed E-state index contributed by atoms with van der Waals surface area (Å²) in [6.07, 6.45) is 1.68.